The van der Waals surface area contributed by atoms with E-state index in [0.717, 1.165) is 5.56 Å². The molecule has 2 amide bonds. The molecule has 1 aromatic heterocycles. The van der Waals surface area contributed by atoms with E-state index in [0.29, 0.717) is 24.6 Å². The van der Waals surface area contributed by atoms with Crippen molar-refractivity contribution in [1.29, 1.82) is 0 Å². The highest BCUT2D eigenvalue weighted by Gasteiger charge is 2.34. The van der Waals surface area contributed by atoms with Crippen LogP contribution in [0.4, 0.5) is 0 Å². The zero-order valence-electron chi connectivity index (χ0n) is 12.7. The van der Waals surface area contributed by atoms with Gasteiger partial charge in [-0.25, -0.2) is 4.68 Å². The highest BCUT2D eigenvalue weighted by atomic mass is 16.7. The van der Waals surface area contributed by atoms with Crippen LogP contribution in [0.15, 0.2) is 30.9 Å². The number of nitrogens with one attached hydrogen (secondary N) is 1. The quantitative estimate of drug-likeness (QED) is 0.856. The summed E-state index contributed by atoms with van der Waals surface area (Å²) >= 11 is 0. The van der Waals surface area contributed by atoms with Gasteiger partial charge < -0.3 is 14.4 Å². The Hall–Kier alpha value is -3.10. The smallest absolute Gasteiger partial charge is 0.244 e. The first-order chi connectivity index (χ1) is 11.7. The van der Waals surface area contributed by atoms with Crippen LogP contribution in [-0.2, 0) is 16.1 Å². The van der Waals surface area contributed by atoms with Gasteiger partial charge in [-0.3, -0.25) is 15.0 Å². The molecule has 9 heteroatoms. The van der Waals surface area contributed by atoms with Gasteiger partial charge in [0.1, 0.15) is 12.7 Å². The number of likely N-dealkylation sites (tertiary alicyclic amines) is 1. The van der Waals surface area contributed by atoms with Gasteiger partial charge in [0.05, 0.1) is 5.92 Å². The molecule has 9 nitrogen and oxygen atoms in total. The average molecular weight is 329 g/mol. The molecule has 1 fully saturated rings. The van der Waals surface area contributed by atoms with Crippen LogP contribution in [-0.4, -0.2) is 44.9 Å². The highest BCUT2D eigenvalue weighted by molar-refractivity contribution is 5.93. The van der Waals surface area contributed by atoms with Crippen molar-refractivity contribution < 1.29 is 19.1 Å². The molecular weight excluding hydrogens is 314 g/mol. The van der Waals surface area contributed by atoms with E-state index in [4.69, 9.17) is 9.47 Å². The molecule has 0 bridgehead atoms. The van der Waals surface area contributed by atoms with Gasteiger partial charge in [-0.15, -0.1) is 10.2 Å². The Morgan fingerprint density at radius 3 is 2.88 bits per heavy atom. The minimum absolute atomic E-state index is 0.0448. The van der Waals surface area contributed by atoms with Gasteiger partial charge in [0.2, 0.25) is 18.6 Å². The average Bonchev–Trinajstić information content (AvgIpc) is 3.29. The first kappa shape index (κ1) is 14.5. The van der Waals surface area contributed by atoms with Gasteiger partial charge in [0.25, 0.3) is 0 Å². The molecule has 1 unspecified atom stereocenters. The first-order valence-corrected chi connectivity index (χ1v) is 7.51. The van der Waals surface area contributed by atoms with Crippen molar-refractivity contribution in [3.63, 3.8) is 0 Å². The summed E-state index contributed by atoms with van der Waals surface area (Å²) in [5.74, 6) is 0.723. The van der Waals surface area contributed by atoms with Crippen molar-refractivity contribution >= 4 is 11.8 Å². The third kappa shape index (κ3) is 2.75. The Bertz CT molecular complexity index is 776. The summed E-state index contributed by atoms with van der Waals surface area (Å²) in [6.45, 7) is 1.03. The van der Waals surface area contributed by atoms with E-state index >= 15 is 0 Å². The molecule has 0 spiro atoms. The van der Waals surface area contributed by atoms with Crippen LogP contribution in [0.3, 0.4) is 0 Å². The number of nitrogens with zero attached hydrogens (tertiary/aromatic N) is 4. The van der Waals surface area contributed by atoms with Gasteiger partial charge in [-0.05, 0) is 17.7 Å². The standard InChI is InChI=1S/C15H15N5O4/c21-14-4-11(15(22)18-20-7-16-17-8-20)6-19(14)5-10-1-2-12-13(3-10)24-9-23-12/h1-3,7-8,11H,4-6,9H2,(H,18,22). The van der Waals surface area contributed by atoms with Crippen molar-refractivity contribution in [1.82, 2.24) is 19.8 Å². The normalized spacial score (nSPS) is 18.9. The summed E-state index contributed by atoms with van der Waals surface area (Å²) in [6, 6.07) is 5.58. The lowest BCUT2D eigenvalue weighted by atomic mass is 10.1. The Labute approximate surface area is 137 Å². The van der Waals surface area contributed by atoms with Crippen molar-refractivity contribution in [2.75, 3.05) is 18.8 Å². The summed E-state index contributed by atoms with van der Waals surface area (Å²) in [4.78, 5) is 26.1. The van der Waals surface area contributed by atoms with Crippen molar-refractivity contribution in [2.24, 2.45) is 5.92 Å². The van der Waals surface area contributed by atoms with E-state index < -0.39 is 5.92 Å². The van der Waals surface area contributed by atoms with E-state index in [9.17, 15) is 9.59 Å². The molecule has 2 aromatic rings. The van der Waals surface area contributed by atoms with Crippen LogP contribution in [0.25, 0.3) is 0 Å². The Balaban J connectivity index is 1.40. The highest BCUT2D eigenvalue weighted by Crippen LogP contribution is 2.33. The molecule has 1 aromatic carbocycles. The lowest BCUT2D eigenvalue weighted by Gasteiger charge is -2.17. The first-order valence-electron chi connectivity index (χ1n) is 7.51. The summed E-state index contributed by atoms with van der Waals surface area (Å²) in [6.07, 6.45) is 2.97. The fourth-order valence-corrected chi connectivity index (χ4v) is 2.84. The number of carbonyl (C=O) groups is 2. The molecule has 3 heterocycles. The molecule has 4 rings (SSSR count). The number of aromatic nitrogens is 3. The van der Waals surface area contributed by atoms with E-state index in [1.807, 2.05) is 18.2 Å². The molecular formula is C15H15N5O4. The second kappa shape index (κ2) is 5.84. The van der Waals surface area contributed by atoms with Crippen LogP contribution >= 0.6 is 0 Å². The minimum Gasteiger partial charge on any atom is -0.454 e. The van der Waals surface area contributed by atoms with Crippen LogP contribution in [0, 0.1) is 5.92 Å². The maximum absolute atomic E-state index is 12.2. The summed E-state index contributed by atoms with van der Waals surface area (Å²) in [5.41, 5.74) is 3.58. The Kier molecular flexibility index (Phi) is 3.52. The lowest BCUT2D eigenvalue weighted by molar-refractivity contribution is -0.128. The lowest BCUT2D eigenvalue weighted by Crippen LogP contribution is -2.31. The third-order valence-corrected chi connectivity index (χ3v) is 4.05. The summed E-state index contributed by atoms with van der Waals surface area (Å²) in [5, 5.41) is 7.23. The fraction of sp³-hybridized carbons (Fsp3) is 0.333. The number of carbonyl (C=O) groups excluding carboxylic acids is 2. The van der Waals surface area contributed by atoms with Crippen LogP contribution < -0.4 is 14.9 Å². The number of ether oxygens (including phenoxy) is 2. The largest absolute Gasteiger partial charge is 0.454 e. The molecule has 1 saturated heterocycles. The molecule has 2 aliphatic heterocycles. The van der Waals surface area contributed by atoms with E-state index in [1.54, 1.807) is 4.90 Å². The van der Waals surface area contributed by atoms with Crippen molar-refractivity contribution in [3.05, 3.63) is 36.4 Å². The minimum atomic E-state index is -0.395. The van der Waals surface area contributed by atoms with Crippen molar-refractivity contribution in [3.8, 4) is 11.5 Å². The summed E-state index contributed by atoms with van der Waals surface area (Å²) in [7, 11) is 0. The third-order valence-electron chi connectivity index (χ3n) is 4.05. The predicted molar refractivity (Wildman–Crippen MR) is 80.5 cm³/mol. The summed E-state index contributed by atoms with van der Waals surface area (Å²) < 4.78 is 12.0. The number of rotatable bonds is 4. The van der Waals surface area contributed by atoms with E-state index in [2.05, 4.69) is 15.6 Å². The van der Waals surface area contributed by atoms with Crippen molar-refractivity contribution in [2.45, 2.75) is 13.0 Å². The Morgan fingerprint density at radius 1 is 1.25 bits per heavy atom. The van der Waals surface area contributed by atoms with Gasteiger partial charge in [-0.1, -0.05) is 6.07 Å². The zero-order chi connectivity index (χ0) is 16.5. The molecule has 0 saturated carbocycles. The number of amides is 2. The van der Waals surface area contributed by atoms with Gasteiger partial charge in [0.15, 0.2) is 11.5 Å². The SMILES string of the molecule is O=C(Nn1cnnc1)C1CC(=O)N(Cc2ccc3c(c2)OCO3)C1. The maximum Gasteiger partial charge on any atom is 0.244 e. The van der Waals surface area contributed by atoms with Crippen LogP contribution in [0.2, 0.25) is 0 Å². The molecule has 0 aliphatic carbocycles. The molecule has 1 N–H and O–H groups in total. The molecule has 1 atom stereocenters. The number of hydrogen-bond donors (Lipinski definition) is 1. The Morgan fingerprint density at radius 2 is 2.04 bits per heavy atom. The maximum atomic E-state index is 12.2. The number of hydrogen-bond acceptors (Lipinski definition) is 6. The second-order valence-corrected chi connectivity index (χ2v) is 5.71. The molecule has 0 radical (unpaired) electrons. The van der Waals surface area contributed by atoms with Gasteiger partial charge in [0, 0.05) is 19.5 Å². The van der Waals surface area contributed by atoms with Gasteiger partial charge in [-0.2, -0.15) is 0 Å². The number of benzene rings is 1. The topological polar surface area (TPSA) is 98.6 Å². The zero-order valence-corrected chi connectivity index (χ0v) is 12.7. The second-order valence-electron chi connectivity index (χ2n) is 5.71. The monoisotopic (exact) mass is 329 g/mol. The van der Waals surface area contributed by atoms with E-state index in [1.165, 1.54) is 17.3 Å². The predicted octanol–water partition coefficient (Wildman–Crippen LogP) is 0.126. The van der Waals surface area contributed by atoms with Crippen LogP contribution in [0.1, 0.15) is 12.0 Å². The molecule has 124 valence electrons. The number of fused-ring (bicyclic) bond motifs is 1. The van der Waals surface area contributed by atoms with E-state index in [-0.39, 0.29) is 25.0 Å². The molecule has 2 aliphatic rings. The van der Waals surface area contributed by atoms with Crippen LogP contribution in [0.5, 0.6) is 11.5 Å². The molecule has 24 heavy (non-hydrogen) atoms. The van der Waals surface area contributed by atoms with Gasteiger partial charge >= 0.3 is 0 Å². The fourth-order valence-electron chi connectivity index (χ4n) is 2.84.